The number of likely N-dealkylation sites (N-methyl/N-ethyl adjacent to an activating group) is 1. The molecule has 100 valence electrons. The fourth-order valence-electron chi connectivity index (χ4n) is 2.67. The van der Waals surface area contributed by atoms with Gasteiger partial charge in [-0.1, -0.05) is 6.07 Å². The SMILES string of the molecule is Cc1cc(N2CC(C)N(C)C(C)C2)ccc1CO. The molecule has 2 atom stereocenters. The zero-order valence-electron chi connectivity index (χ0n) is 11.8. The van der Waals surface area contributed by atoms with Crippen molar-refractivity contribution in [3.05, 3.63) is 29.3 Å². The minimum atomic E-state index is 0.127. The van der Waals surface area contributed by atoms with Crippen molar-refractivity contribution in [3.8, 4) is 0 Å². The lowest BCUT2D eigenvalue weighted by atomic mass is 10.0. The van der Waals surface area contributed by atoms with Crippen molar-refractivity contribution in [1.29, 1.82) is 0 Å². The molecule has 0 amide bonds. The lowest BCUT2D eigenvalue weighted by Gasteiger charge is -2.43. The second-order valence-electron chi connectivity index (χ2n) is 5.54. The Morgan fingerprint density at radius 1 is 1.22 bits per heavy atom. The second-order valence-corrected chi connectivity index (χ2v) is 5.54. The van der Waals surface area contributed by atoms with Gasteiger partial charge >= 0.3 is 0 Å². The van der Waals surface area contributed by atoms with E-state index >= 15 is 0 Å². The van der Waals surface area contributed by atoms with Crippen LogP contribution < -0.4 is 4.90 Å². The van der Waals surface area contributed by atoms with Crippen molar-refractivity contribution in [2.24, 2.45) is 0 Å². The Kier molecular flexibility index (Phi) is 3.93. The largest absolute Gasteiger partial charge is 0.392 e. The summed E-state index contributed by atoms with van der Waals surface area (Å²) in [6, 6.07) is 7.51. The van der Waals surface area contributed by atoms with E-state index in [2.05, 4.69) is 49.8 Å². The lowest BCUT2D eigenvalue weighted by molar-refractivity contribution is 0.170. The number of hydrogen-bond acceptors (Lipinski definition) is 3. The van der Waals surface area contributed by atoms with Crippen LogP contribution in [0.25, 0.3) is 0 Å². The third-order valence-corrected chi connectivity index (χ3v) is 4.22. The van der Waals surface area contributed by atoms with Crippen LogP contribution >= 0.6 is 0 Å². The molecule has 0 aliphatic carbocycles. The summed E-state index contributed by atoms with van der Waals surface area (Å²) in [4.78, 5) is 4.88. The monoisotopic (exact) mass is 248 g/mol. The molecule has 1 saturated heterocycles. The Labute approximate surface area is 110 Å². The van der Waals surface area contributed by atoms with Crippen LogP contribution in [0.1, 0.15) is 25.0 Å². The van der Waals surface area contributed by atoms with Gasteiger partial charge in [0.2, 0.25) is 0 Å². The van der Waals surface area contributed by atoms with E-state index in [9.17, 15) is 5.11 Å². The predicted octanol–water partition coefficient (Wildman–Crippen LogP) is 2.02. The number of rotatable bonds is 2. The molecule has 1 aromatic rings. The molecule has 2 unspecified atom stereocenters. The highest BCUT2D eigenvalue weighted by Gasteiger charge is 2.26. The molecule has 3 heteroatoms. The lowest BCUT2D eigenvalue weighted by Crippen LogP contribution is -2.55. The molecule has 1 aliphatic rings. The summed E-state index contributed by atoms with van der Waals surface area (Å²) in [5.41, 5.74) is 3.47. The Balaban J connectivity index is 2.19. The Bertz CT molecular complexity index is 407. The van der Waals surface area contributed by atoms with Crippen LogP contribution in [0, 0.1) is 6.92 Å². The molecular weight excluding hydrogens is 224 g/mol. The number of nitrogens with zero attached hydrogens (tertiary/aromatic N) is 2. The fraction of sp³-hybridized carbons (Fsp3) is 0.600. The van der Waals surface area contributed by atoms with E-state index in [1.165, 1.54) is 11.3 Å². The molecule has 18 heavy (non-hydrogen) atoms. The summed E-state index contributed by atoms with van der Waals surface area (Å²) >= 11 is 0. The first-order valence-electron chi connectivity index (χ1n) is 6.70. The van der Waals surface area contributed by atoms with Crippen LogP contribution in [0.5, 0.6) is 0 Å². The van der Waals surface area contributed by atoms with Crippen molar-refractivity contribution >= 4 is 5.69 Å². The average molecular weight is 248 g/mol. The molecule has 0 aromatic heterocycles. The van der Waals surface area contributed by atoms with Gasteiger partial charge in [0, 0.05) is 30.9 Å². The maximum absolute atomic E-state index is 9.22. The van der Waals surface area contributed by atoms with Gasteiger partial charge in [-0.2, -0.15) is 0 Å². The first kappa shape index (κ1) is 13.4. The summed E-state index contributed by atoms with van der Waals surface area (Å²) in [5.74, 6) is 0. The highest BCUT2D eigenvalue weighted by molar-refractivity contribution is 5.51. The van der Waals surface area contributed by atoms with Gasteiger partial charge in [-0.3, -0.25) is 4.90 Å². The van der Waals surface area contributed by atoms with Gasteiger partial charge in [-0.15, -0.1) is 0 Å². The van der Waals surface area contributed by atoms with Crippen molar-refractivity contribution in [2.75, 3.05) is 25.0 Å². The second kappa shape index (κ2) is 5.29. The van der Waals surface area contributed by atoms with E-state index in [0.717, 1.165) is 18.7 Å². The maximum Gasteiger partial charge on any atom is 0.0684 e. The zero-order valence-corrected chi connectivity index (χ0v) is 11.8. The molecule has 3 nitrogen and oxygen atoms in total. The number of hydrogen-bond donors (Lipinski definition) is 1. The van der Waals surface area contributed by atoms with Crippen LogP contribution in [0.2, 0.25) is 0 Å². The van der Waals surface area contributed by atoms with Gasteiger partial charge in [0.1, 0.15) is 0 Å². The van der Waals surface area contributed by atoms with Crippen molar-refractivity contribution in [3.63, 3.8) is 0 Å². The summed E-state index contributed by atoms with van der Waals surface area (Å²) in [7, 11) is 2.20. The van der Waals surface area contributed by atoms with E-state index in [1.54, 1.807) is 0 Å². The van der Waals surface area contributed by atoms with Crippen LogP contribution in [-0.4, -0.2) is 42.2 Å². The van der Waals surface area contributed by atoms with Gasteiger partial charge in [0.15, 0.2) is 0 Å². The number of aliphatic hydroxyl groups excluding tert-OH is 1. The van der Waals surface area contributed by atoms with Gasteiger partial charge in [-0.05, 0) is 51.1 Å². The van der Waals surface area contributed by atoms with E-state index in [-0.39, 0.29) is 6.61 Å². The molecule has 0 bridgehead atoms. The zero-order chi connectivity index (χ0) is 13.3. The molecule has 1 heterocycles. The average Bonchev–Trinajstić information content (AvgIpc) is 2.35. The number of anilines is 1. The summed E-state index contributed by atoms with van der Waals surface area (Å²) < 4.78 is 0. The van der Waals surface area contributed by atoms with E-state index in [1.807, 2.05) is 6.07 Å². The van der Waals surface area contributed by atoms with E-state index in [4.69, 9.17) is 0 Å². The van der Waals surface area contributed by atoms with Gasteiger partial charge < -0.3 is 10.0 Å². The topological polar surface area (TPSA) is 26.7 Å². The number of aryl methyl sites for hydroxylation is 1. The number of piperazine rings is 1. The summed E-state index contributed by atoms with van der Waals surface area (Å²) in [5, 5.41) is 9.22. The van der Waals surface area contributed by atoms with Crippen LogP contribution in [0.15, 0.2) is 18.2 Å². The highest BCUT2D eigenvalue weighted by atomic mass is 16.3. The number of benzene rings is 1. The minimum absolute atomic E-state index is 0.127. The minimum Gasteiger partial charge on any atom is -0.392 e. The normalized spacial score (nSPS) is 25.5. The first-order chi connectivity index (χ1) is 8.52. The van der Waals surface area contributed by atoms with Crippen molar-refractivity contribution < 1.29 is 5.11 Å². The van der Waals surface area contributed by atoms with Crippen LogP contribution in [-0.2, 0) is 6.61 Å². The standard InChI is InChI=1S/C15H24N2O/c1-11-7-15(6-5-14(11)10-18)17-8-12(2)16(4)13(3)9-17/h5-7,12-13,18H,8-10H2,1-4H3. The number of aliphatic hydroxyl groups is 1. The molecule has 0 spiro atoms. The summed E-state index contributed by atoms with van der Waals surface area (Å²) in [6.07, 6.45) is 0. The molecular formula is C15H24N2O. The third kappa shape index (κ3) is 2.52. The van der Waals surface area contributed by atoms with Crippen LogP contribution in [0.4, 0.5) is 5.69 Å². The third-order valence-electron chi connectivity index (χ3n) is 4.22. The van der Waals surface area contributed by atoms with Crippen molar-refractivity contribution in [2.45, 2.75) is 39.5 Å². The molecule has 0 saturated carbocycles. The van der Waals surface area contributed by atoms with E-state index in [0.29, 0.717) is 12.1 Å². The Morgan fingerprint density at radius 3 is 2.33 bits per heavy atom. The summed E-state index contributed by atoms with van der Waals surface area (Å²) in [6.45, 7) is 8.88. The van der Waals surface area contributed by atoms with Gasteiger partial charge in [0.05, 0.1) is 6.61 Å². The Morgan fingerprint density at radius 2 is 1.83 bits per heavy atom. The van der Waals surface area contributed by atoms with Gasteiger partial charge in [0.25, 0.3) is 0 Å². The van der Waals surface area contributed by atoms with E-state index < -0.39 is 0 Å². The molecule has 2 rings (SSSR count). The molecule has 1 aromatic carbocycles. The molecule has 0 radical (unpaired) electrons. The van der Waals surface area contributed by atoms with Crippen LogP contribution in [0.3, 0.4) is 0 Å². The maximum atomic E-state index is 9.22. The smallest absolute Gasteiger partial charge is 0.0684 e. The molecule has 1 aliphatic heterocycles. The van der Waals surface area contributed by atoms with Gasteiger partial charge in [-0.25, -0.2) is 0 Å². The molecule has 1 N–H and O–H groups in total. The van der Waals surface area contributed by atoms with Crippen molar-refractivity contribution in [1.82, 2.24) is 4.90 Å². The predicted molar refractivity (Wildman–Crippen MR) is 76.0 cm³/mol. The molecule has 1 fully saturated rings. The quantitative estimate of drug-likeness (QED) is 0.867. The Hall–Kier alpha value is -1.06. The highest BCUT2D eigenvalue weighted by Crippen LogP contribution is 2.23. The fourth-order valence-corrected chi connectivity index (χ4v) is 2.67. The first-order valence-corrected chi connectivity index (χ1v) is 6.70.